The molecule has 4 aliphatic rings. The van der Waals surface area contributed by atoms with E-state index < -0.39 is 96.7 Å². The van der Waals surface area contributed by atoms with Crippen LogP contribution in [0.25, 0.3) is 0 Å². The van der Waals surface area contributed by atoms with E-state index in [0.717, 1.165) is 0 Å². The van der Waals surface area contributed by atoms with E-state index in [1.165, 1.54) is 19.6 Å². The van der Waals surface area contributed by atoms with Gasteiger partial charge in [-0.15, -0.1) is 0 Å². The number of carboxylic acids is 1. The number of aliphatic carboxylic acids is 1. The summed E-state index contributed by atoms with van der Waals surface area (Å²) in [6, 6.07) is -5.69. The molecule has 0 aromatic rings. The normalized spacial score (nSPS) is 23.7. The van der Waals surface area contributed by atoms with E-state index in [2.05, 4.69) is 46.5 Å². The molecule has 4 saturated heterocycles. The molecule has 19 nitrogen and oxygen atoms in total. The van der Waals surface area contributed by atoms with Crippen LogP contribution in [-0.2, 0) is 43.2 Å². The summed E-state index contributed by atoms with van der Waals surface area (Å²) in [5, 5.41) is 19.3. The Hall–Kier alpha value is -4.11. The van der Waals surface area contributed by atoms with E-state index in [0.29, 0.717) is 57.9 Å². The van der Waals surface area contributed by atoms with E-state index in [9.17, 15) is 48.3 Å². The van der Waals surface area contributed by atoms with Gasteiger partial charge in [0.2, 0.25) is 47.3 Å². The molecule has 0 aromatic carbocycles. The molecule has 4 rings (SSSR count). The van der Waals surface area contributed by atoms with Crippen molar-refractivity contribution < 1.29 is 48.3 Å². The van der Waals surface area contributed by atoms with Crippen molar-refractivity contribution in [1.82, 2.24) is 40.9 Å². The van der Waals surface area contributed by atoms with Gasteiger partial charge in [0.1, 0.15) is 36.3 Å². The third-order valence-electron chi connectivity index (χ3n) is 10.1. The topological polar surface area (TPSA) is 261 Å². The number of likely N-dealkylation sites (tertiary alicyclic amines) is 4. The van der Waals surface area contributed by atoms with E-state index in [4.69, 9.17) is 5.73 Å². The zero-order valence-electron chi connectivity index (χ0n) is 29.4. The van der Waals surface area contributed by atoms with Gasteiger partial charge in [-0.1, -0.05) is 0 Å². The SMILES string of the molecule is NCC(=O)N1CCC[C@H]1C(=O)N[C@@H](CS)C(=O)NCC(=O)N1CCC[C@H]1C(=O)N1CCC[C@H]1C(=O)NCC(=O)N1CCC[C@H]1C(=O)N[C@@H](CS)C(=O)O. The molecule has 4 fully saturated rings. The molecule has 4 heterocycles. The zero-order valence-corrected chi connectivity index (χ0v) is 31.2. The van der Waals surface area contributed by atoms with Crippen molar-refractivity contribution in [2.45, 2.75) is 87.6 Å². The standard InChI is InChI=1S/C32H49N9O10S2/c33-13-24(42)38-9-1-6-21(38)29(47)36-18(16-52)27(45)34-14-26(44)40-11-4-8-23(40)31(49)41-12-3-5-20(41)28(46)35-15-25(43)39-10-2-7-22(39)30(48)37-19(17-53)32(50)51/h18-23,52-53H,1-17,33H2,(H,34,45)(H,35,46)(H,36,47)(H,37,48)(H,50,51)/t18-,19-,20-,21-,22-,23-/m0/s1. The second kappa shape index (κ2) is 19.3. The van der Waals surface area contributed by atoms with Gasteiger partial charge in [0.25, 0.3) is 0 Å². The van der Waals surface area contributed by atoms with Crippen LogP contribution in [-0.4, -0.2) is 172 Å². The molecule has 0 unspecified atom stereocenters. The van der Waals surface area contributed by atoms with Gasteiger partial charge in [0.05, 0.1) is 19.6 Å². The van der Waals surface area contributed by atoms with Crippen LogP contribution in [0.1, 0.15) is 51.4 Å². The lowest BCUT2D eigenvalue weighted by atomic mass is 10.1. The highest BCUT2D eigenvalue weighted by Gasteiger charge is 2.43. The number of amides is 8. The van der Waals surface area contributed by atoms with Crippen LogP contribution in [0.5, 0.6) is 0 Å². The smallest absolute Gasteiger partial charge is 0.327 e. The fraction of sp³-hybridized carbons (Fsp3) is 0.719. The average Bonchev–Trinajstić information content (AvgIpc) is 3.99. The number of nitrogens with zero attached hydrogens (tertiary/aromatic N) is 4. The second-order valence-corrected chi connectivity index (χ2v) is 14.1. The lowest BCUT2D eigenvalue weighted by molar-refractivity contribution is -0.147. The molecular formula is C32H49N9O10S2. The number of nitrogens with one attached hydrogen (secondary N) is 4. The highest BCUT2D eigenvalue weighted by Crippen LogP contribution is 2.25. The Morgan fingerprint density at radius 1 is 0.585 bits per heavy atom. The summed E-state index contributed by atoms with van der Waals surface area (Å²) in [6.07, 6.45) is 3.63. The largest absolute Gasteiger partial charge is 0.480 e. The van der Waals surface area contributed by atoms with Crippen molar-refractivity contribution in [1.29, 1.82) is 0 Å². The minimum Gasteiger partial charge on any atom is -0.480 e. The van der Waals surface area contributed by atoms with Gasteiger partial charge in [0.15, 0.2) is 0 Å². The van der Waals surface area contributed by atoms with Gasteiger partial charge < -0.3 is 51.7 Å². The number of carbonyl (C=O) groups excluding carboxylic acids is 8. The summed E-state index contributed by atoms with van der Waals surface area (Å²) in [7, 11) is 0. The highest BCUT2D eigenvalue weighted by atomic mass is 32.1. The molecule has 8 amide bonds. The molecule has 53 heavy (non-hydrogen) atoms. The van der Waals surface area contributed by atoms with Gasteiger partial charge in [-0.25, -0.2) is 4.79 Å². The first-order valence-electron chi connectivity index (χ1n) is 17.8. The summed E-state index contributed by atoms with van der Waals surface area (Å²) in [6.45, 7) is 0.0494. The Balaban J connectivity index is 1.27. The number of carboxylic acid groups (broad SMARTS) is 1. The molecule has 0 aromatic heterocycles. The number of rotatable bonds is 15. The minimum absolute atomic E-state index is 0.0737. The van der Waals surface area contributed by atoms with Crippen molar-refractivity contribution in [3.8, 4) is 0 Å². The first kappa shape index (κ1) is 41.6. The third kappa shape index (κ3) is 10.1. The Bertz CT molecular complexity index is 1450. The van der Waals surface area contributed by atoms with Gasteiger partial charge in [-0.3, -0.25) is 38.4 Å². The van der Waals surface area contributed by atoms with E-state index in [1.807, 2.05) is 0 Å². The summed E-state index contributed by atoms with van der Waals surface area (Å²) in [5.74, 6) is -5.65. The monoisotopic (exact) mass is 783 g/mol. The lowest BCUT2D eigenvalue weighted by Gasteiger charge is -2.31. The highest BCUT2D eigenvalue weighted by molar-refractivity contribution is 7.80. The molecule has 0 bridgehead atoms. The third-order valence-corrected chi connectivity index (χ3v) is 10.8. The van der Waals surface area contributed by atoms with Gasteiger partial charge in [-0.2, -0.15) is 25.3 Å². The number of carbonyl (C=O) groups is 9. The maximum Gasteiger partial charge on any atom is 0.327 e. The van der Waals surface area contributed by atoms with Crippen molar-refractivity contribution in [2.75, 3.05) is 57.3 Å². The van der Waals surface area contributed by atoms with Crippen LogP contribution < -0.4 is 27.0 Å². The molecule has 0 saturated carbocycles. The van der Waals surface area contributed by atoms with E-state index in [-0.39, 0.29) is 43.6 Å². The summed E-state index contributed by atoms with van der Waals surface area (Å²) >= 11 is 8.11. The first-order valence-corrected chi connectivity index (χ1v) is 19.1. The molecule has 0 spiro atoms. The maximum atomic E-state index is 13.7. The van der Waals surface area contributed by atoms with Crippen molar-refractivity contribution in [2.24, 2.45) is 5.73 Å². The predicted molar refractivity (Wildman–Crippen MR) is 193 cm³/mol. The summed E-state index contributed by atoms with van der Waals surface area (Å²) < 4.78 is 0. The molecule has 0 aliphatic carbocycles. The van der Waals surface area contributed by atoms with Crippen LogP contribution in [0.4, 0.5) is 0 Å². The van der Waals surface area contributed by atoms with Gasteiger partial charge in [-0.05, 0) is 51.4 Å². The van der Waals surface area contributed by atoms with Crippen molar-refractivity contribution in [3.05, 3.63) is 0 Å². The molecule has 4 aliphatic heterocycles. The van der Waals surface area contributed by atoms with E-state index >= 15 is 0 Å². The molecule has 21 heteroatoms. The molecule has 294 valence electrons. The number of thiol groups is 2. The van der Waals surface area contributed by atoms with Crippen LogP contribution in [0, 0.1) is 0 Å². The van der Waals surface area contributed by atoms with Crippen molar-refractivity contribution in [3.63, 3.8) is 0 Å². The number of hydrogen-bond acceptors (Lipinski definition) is 12. The minimum atomic E-state index is -1.25. The maximum absolute atomic E-state index is 13.7. The van der Waals surface area contributed by atoms with E-state index in [1.54, 1.807) is 0 Å². The van der Waals surface area contributed by atoms with Gasteiger partial charge >= 0.3 is 5.97 Å². The Morgan fingerprint density at radius 3 is 1.49 bits per heavy atom. The summed E-state index contributed by atoms with van der Waals surface area (Å²) in [4.78, 5) is 121. The fourth-order valence-electron chi connectivity index (χ4n) is 7.29. The molecule has 0 radical (unpaired) electrons. The Labute approximate surface area is 317 Å². The first-order chi connectivity index (χ1) is 25.3. The van der Waals surface area contributed by atoms with Crippen LogP contribution in [0.15, 0.2) is 0 Å². The summed E-state index contributed by atoms with van der Waals surface area (Å²) in [5.41, 5.74) is 5.45. The Morgan fingerprint density at radius 2 is 1.00 bits per heavy atom. The van der Waals surface area contributed by atoms with Gasteiger partial charge in [0, 0.05) is 37.7 Å². The number of hydrogen-bond donors (Lipinski definition) is 8. The molecule has 7 N–H and O–H groups in total. The van der Waals surface area contributed by atoms with Crippen LogP contribution in [0.2, 0.25) is 0 Å². The Kier molecular flexibility index (Phi) is 15.2. The molecular weight excluding hydrogens is 735 g/mol. The average molecular weight is 784 g/mol. The molecule has 6 atom stereocenters. The second-order valence-electron chi connectivity index (χ2n) is 13.4. The lowest BCUT2D eigenvalue weighted by Crippen LogP contribution is -2.56. The quantitative estimate of drug-likeness (QED) is 0.0744. The zero-order chi connectivity index (χ0) is 38.8. The predicted octanol–water partition coefficient (Wildman–Crippen LogP) is -3.94. The fourth-order valence-corrected chi connectivity index (χ4v) is 7.80. The number of nitrogens with two attached hydrogens (primary N) is 1. The van der Waals surface area contributed by atoms with Crippen LogP contribution >= 0.6 is 25.3 Å². The van der Waals surface area contributed by atoms with Crippen molar-refractivity contribution >= 4 is 78.5 Å². The van der Waals surface area contributed by atoms with Crippen LogP contribution in [0.3, 0.4) is 0 Å².